The Hall–Kier alpha value is -1.05. The third kappa shape index (κ3) is 2.71. The van der Waals surface area contributed by atoms with Crippen molar-refractivity contribution in [2.24, 2.45) is 0 Å². The number of anilines is 1. The molecule has 6 nitrogen and oxygen atoms in total. The lowest BCUT2D eigenvalue weighted by Crippen LogP contribution is -2.48. The summed E-state index contributed by atoms with van der Waals surface area (Å²) in [4.78, 5) is 15.7. The molecule has 1 unspecified atom stereocenters. The number of aryl methyl sites for hydroxylation is 1. The summed E-state index contributed by atoms with van der Waals surface area (Å²) < 4.78 is 9.17. The molecule has 2 rings (SSSR count). The monoisotopic (exact) mass is 228 g/mol. The summed E-state index contributed by atoms with van der Waals surface area (Å²) in [7, 11) is 0. The Bertz CT molecular complexity index is 348. The number of carbonyl (C=O) groups excluding carboxylic acids is 1. The maximum absolute atomic E-state index is 11.7. The highest BCUT2D eigenvalue weighted by Gasteiger charge is 2.21. The van der Waals surface area contributed by atoms with Crippen LogP contribution in [0, 0.1) is 6.92 Å². The highest BCUT2D eigenvalue weighted by molar-refractivity contribution is 7.09. The number of hydrogen-bond donors (Lipinski definition) is 2. The van der Waals surface area contributed by atoms with E-state index in [-0.39, 0.29) is 11.9 Å². The number of nitrogens with zero attached hydrogens (tertiary/aromatic N) is 2. The van der Waals surface area contributed by atoms with Crippen LogP contribution in [-0.4, -0.2) is 41.1 Å². The molecular formula is C8H12N4O2S. The van der Waals surface area contributed by atoms with Gasteiger partial charge in [-0.15, -0.1) is 0 Å². The van der Waals surface area contributed by atoms with Gasteiger partial charge in [0.15, 0.2) is 0 Å². The van der Waals surface area contributed by atoms with Gasteiger partial charge in [0, 0.05) is 18.1 Å². The SMILES string of the molecule is Cc1nsc(NC(=O)C2COCCN2)n1. The van der Waals surface area contributed by atoms with Crippen LogP contribution in [0.15, 0.2) is 0 Å². The molecule has 0 aliphatic carbocycles. The highest BCUT2D eigenvalue weighted by Crippen LogP contribution is 2.10. The quantitative estimate of drug-likeness (QED) is 0.731. The van der Waals surface area contributed by atoms with Crippen molar-refractivity contribution >= 4 is 22.6 Å². The number of ether oxygens (including phenoxy) is 1. The van der Waals surface area contributed by atoms with Gasteiger partial charge in [0.05, 0.1) is 13.2 Å². The zero-order valence-corrected chi connectivity index (χ0v) is 9.13. The Morgan fingerprint density at radius 1 is 1.73 bits per heavy atom. The van der Waals surface area contributed by atoms with Gasteiger partial charge >= 0.3 is 0 Å². The van der Waals surface area contributed by atoms with E-state index in [2.05, 4.69) is 20.0 Å². The molecule has 1 saturated heterocycles. The summed E-state index contributed by atoms with van der Waals surface area (Å²) in [5, 5.41) is 6.29. The highest BCUT2D eigenvalue weighted by atomic mass is 32.1. The molecule has 0 saturated carbocycles. The van der Waals surface area contributed by atoms with Crippen LogP contribution in [0.1, 0.15) is 5.82 Å². The Kier molecular flexibility index (Phi) is 3.24. The third-order valence-corrected chi connectivity index (χ3v) is 2.72. The molecule has 1 aromatic heterocycles. The molecule has 15 heavy (non-hydrogen) atoms. The summed E-state index contributed by atoms with van der Waals surface area (Å²) in [6, 6.07) is -0.289. The van der Waals surface area contributed by atoms with Crippen molar-refractivity contribution in [3.05, 3.63) is 5.82 Å². The molecule has 0 aromatic carbocycles. The number of carbonyl (C=O) groups is 1. The van der Waals surface area contributed by atoms with Crippen LogP contribution >= 0.6 is 11.5 Å². The van der Waals surface area contributed by atoms with E-state index in [4.69, 9.17) is 4.74 Å². The van der Waals surface area contributed by atoms with E-state index >= 15 is 0 Å². The molecule has 1 atom stereocenters. The number of aromatic nitrogens is 2. The molecule has 1 aromatic rings. The minimum atomic E-state index is -0.289. The van der Waals surface area contributed by atoms with Crippen molar-refractivity contribution in [2.75, 3.05) is 25.1 Å². The molecule has 1 aliphatic heterocycles. The first kappa shape index (κ1) is 10.5. The summed E-state index contributed by atoms with van der Waals surface area (Å²) in [6.45, 7) is 3.55. The maximum Gasteiger partial charge on any atom is 0.245 e. The Morgan fingerprint density at radius 2 is 2.60 bits per heavy atom. The van der Waals surface area contributed by atoms with Gasteiger partial charge in [0.25, 0.3) is 0 Å². The van der Waals surface area contributed by atoms with Crippen LogP contribution < -0.4 is 10.6 Å². The molecule has 0 bridgehead atoms. The lowest BCUT2D eigenvalue weighted by atomic mass is 10.2. The third-order valence-electron chi connectivity index (χ3n) is 2.00. The van der Waals surface area contributed by atoms with E-state index < -0.39 is 0 Å². The Balaban J connectivity index is 1.91. The second-order valence-electron chi connectivity index (χ2n) is 3.22. The smallest absolute Gasteiger partial charge is 0.245 e. The molecule has 0 radical (unpaired) electrons. The van der Waals surface area contributed by atoms with Crippen LogP contribution in [-0.2, 0) is 9.53 Å². The second kappa shape index (κ2) is 4.65. The van der Waals surface area contributed by atoms with Gasteiger partial charge < -0.3 is 10.1 Å². The van der Waals surface area contributed by atoms with Crippen LogP contribution in [0.2, 0.25) is 0 Å². The molecule has 1 fully saturated rings. The lowest BCUT2D eigenvalue weighted by molar-refractivity contribution is -0.120. The second-order valence-corrected chi connectivity index (χ2v) is 3.97. The lowest BCUT2D eigenvalue weighted by Gasteiger charge is -2.22. The fourth-order valence-corrected chi connectivity index (χ4v) is 1.85. The molecule has 2 N–H and O–H groups in total. The van der Waals surface area contributed by atoms with Gasteiger partial charge in [-0.1, -0.05) is 0 Å². The molecule has 1 aliphatic rings. The topological polar surface area (TPSA) is 76.1 Å². The fraction of sp³-hybridized carbons (Fsp3) is 0.625. The molecule has 82 valence electrons. The number of morpholine rings is 1. The minimum Gasteiger partial charge on any atom is -0.378 e. The van der Waals surface area contributed by atoms with E-state index in [0.29, 0.717) is 30.7 Å². The maximum atomic E-state index is 11.7. The van der Waals surface area contributed by atoms with E-state index in [1.165, 1.54) is 11.5 Å². The average molecular weight is 228 g/mol. The van der Waals surface area contributed by atoms with Crippen LogP contribution in [0.5, 0.6) is 0 Å². The zero-order chi connectivity index (χ0) is 10.7. The first-order valence-corrected chi connectivity index (χ1v) is 5.45. The van der Waals surface area contributed by atoms with Crippen molar-refractivity contribution in [1.82, 2.24) is 14.7 Å². The van der Waals surface area contributed by atoms with E-state index in [9.17, 15) is 4.79 Å². The number of nitrogens with one attached hydrogen (secondary N) is 2. The predicted molar refractivity (Wildman–Crippen MR) is 55.9 cm³/mol. The van der Waals surface area contributed by atoms with Crippen LogP contribution in [0.25, 0.3) is 0 Å². The van der Waals surface area contributed by atoms with E-state index in [0.717, 1.165) is 0 Å². The summed E-state index contributed by atoms with van der Waals surface area (Å²) in [6.07, 6.45) is 0. The summed E-state index contributed by atoms with van der Waals surface area (Å²) >= 11 is 1.18. The number of hydrogen-bond acceptors (Lipinski definition) is 6. The van der Waals surface area contributed by atoms with Crippen molar-refractivity contribution in [3.63, 3.8) is 0 Å². The molecule has 1 amide bonds. The number of rotatable bonds is 2. The summed E-state index contributed by atoms with van der Waals surface area (Å²) in [5.41, 5.74) is 0. The largest absolute Gasteiger partial charge is 0.378 e. The van der Waals surface area contributed by atoms with Gasteiger partial charge in [-0.3, -0.25) is 10.1 Å². The van der Waals surface area contributed by atoms with Gasteiger partial charge in [0.2, 0.25) is 11.0 Å². The van der Waals surface area contributed by atoms with Gasteiger partial charge in [-0.2, -0.15) is 4.37 Å². The molecule has 2 heterocycles. The number of amides is 1. The first-order valence-electron chi connectivity index (χ1n) is 4.68. The van der Waals surface area contributed by atoms with Crippen molar-refractivity contribution < 1.29 is 9.53 Å². The van der Waals surface area contributed by atoms with Crippen molar-refractivity contribution in [2.45, 2.75) is 13.0 Å². The van der Waals surface area contributed by atoms with Crippen molar-refractivity contribution in [3.8, 4) is 0 Å². The average Bonchev–Trinajstić information content (AvgIpc) is 2.65. The van der Waals surface area contributed by atoms with Gasteiger partial charge in [-0.05, 0) is 6.92 Å². The van der Waals surface area contributed by atoms with Gasteiger partial charge in [0.1, 0.15) is 11.9 Å². The predicted octanol–water partition coefficient (Wildman–Crippen LogP) is -0.227. The fourth-order valence-electron chi connectivity index (χ4n) is 1.27. The van der Waals surface area contributed by atoms with Gasteiger partial charge in [-0.25, -0.2) is 4.98 Å². The van der Waals surface area contributed by atoms with E-state index in [1.54, 1.807) is 6.92 Å². The minimum absolute atomic E-state index is 0.120. The van der Waals surface area contributed by atoms with E-state index in [1.807, 2.05) is 0 Å². The standard InChI is InChI=1S/C8H12N4O2S/c1-5-10-8(15-12-5)11-7(13)6-4-14-3-2-9-6/h6,9H,2-4H2,1H3,(H,10,11,12,13). The molecule has 7 heteroatoms. The normalized spacial score (nSPS) is 21.3. The Morgan fingerprint density at radius 3 is 3.20 bits per heavy atom. The van der Waals surface area contributed by atoms with Crippen LogP contribution in [0.3, 0.4) is 0 Å². The summed E-state index contributed by atoms with van der Waals surface area (Å²) in [5.74, 6) is 0.550. The van der Waals surface area contributed by atoms with Crippen molar-refractivity contribution in [1.29, 1.82) is 0 Å². The first-order chi connectivity index (χ1) is 7.25. The zero-order valence-electron chi connectivity index (χ0n) is 8.32. The molecular weight excluding hydrogens is 216 g/mol. The molecule has 0 spiro atoms. The van der Waals surface area contributed by atoms with Crippen LogP contribution in [0.4, 0.5) is 5.13 Å². The Labute approximate surface area is 91.2 Å².